The minimum Gasteiger partial charge on any atom is -0.336 e. The number of carbonyl (C=O) groups is 1. The lowest BCUT2D eigenvalue weighted by atomic mass is 10.0. The van der Waals surface area contributed by atoms with E-state index in [9.17, 15) is 4.79 Å². The number of carbonyl (C=O) groups excluding carboxylic acids is 1. The van der Waals surface area contributed by atoms with Crippen LogP contribution < -0.4 is 0 Å². The van der Waals surface area contributed by atoms with Gasteiger partial charge in [0.2, 0.25) is 4.77 Å². The maximum absolute atomic E-state index is 13.0. The number of benzene rings is 2. The summed E-state index contributed by atoms with van der Waals surface area (Å²) >= 11 is 5.84. The average molecular weight is 462 g/mol. The van der Waals surface area contributed by atoms with Gasteiger partial charge in [0, 0.05) is 43.3 Å². The molecule has 7 heteroatoms. The lowest BCUT2D eigenvalue weighted by Crippen LogP contribution is -2.49. The Morgan fingerprint density at radius 3 is 2.27 bits per heavy atom. The summed E-state index contributed by atoms with van der Waals surface area (Å²) in [5.41, 5.74) is 3.11. The molecule has 0 spiro atoms. The van der Waals surface area contributed by atoms with Gasteiger partial charge in [0.15, 0.2) is 0 Å². The van der Waals surface area contributed by atoms with Crippen LogP contribution in [0.1, 0.15) is 60.3 Å². The number of amides is 1. The largest absolute Gasteiger partial charge is 0.336 e. The van der Waals surface area contributed by atoms with Gasteiger partial charge in [-0.2, -0.15) is 5.10 Å². The summed E-state index contributed by atoms with van der Waals surface area (Å²) < 4.78 is 4.83. The molecule has 33 heavy (non-hydrogen) atoms. The maximum atomic E-state index is 13.0. The molecule has 0 N–H and O–H groups in total. The fourth-order valence-electron chi connectivity index (χ4n) is 4.42. The highest BCUT2D eigenvalue weighted by Crippen LogP contribution is 2.40. The number of piperazine rings is 1. The monoisotopic (exact) mass is 461 g/mol. The first-order chi connectivity index (χ1) is 16.0. The van der Waals surface area contributed by atoms with Crippen LogP contribution in [0.3, 0.4) is 0 Å². The van der Waals surface area contributed by atoms with Crippen LogP contribution in [-0.4, -0.2) is 56.2 Å². The molecular formula is C26H31N5OS. The molecule has 0 atom stereocenters. The van der Waals surface area contributed by atoms with E-state index in [1.165, 1.54) is 18.4 Å². The second-order valence-corrected chi connectivity index (χ2v) is 9.78. The third kappa shape index (κ3) is 4.66. The first kappa shape index (κ1) is 22.0. The van der Waals surface area contributed by atoms with Crippen molar-refractivity contribution in [2.75, 3.05) is 26.2 Å². The molecule has 1 saturated heterocycles. The van der Waals surface area contributed by atoms with Gasteiger partial charge in [-0.3, -0.25) is 14.3 Å². The van der Waals surface area contributed by atoms with E-state index in [-0.39, 0.29) is 5.91 Å². The zero-order valence-corrected chi connectivity index (χ0v) is 20.2. The summed E-state index contributed by atoms with van der Waals surface area (Å²) in [5.74, 6) is 2.16. The van der Waals surface area contributed by atoms with Gasteiger partial charge in [0.25, 0.3) is 5.91 Å². The highest BCUT2D eigenvalue weighted by atomic mass is 32.1. The maximum Gasteiger partial charge on any atom is 0.253 e. The second-order valence-electron chi connectivity index (χ2n) is 9.41. The van der Waals surface area contributed by atoms with Crippen LogP contribution in [0, 0.1) is 4.77 Å². The standard InChI is InChI=1S/C26H31N5OS/c1-19(2)20-8-12-22(13-9-20)25(32)29-16-14-28(15-17-29)18-30-26(33)31(23-6-4-3-5-7-23)24(27-30)21-10-11-21/h3-9,12-13,19,21H,10-11,14-18H2,1-2H3. The van der Waals surface area contributed by atoms with E-state index in [2.05, 4.69) is 47.6 Å². The Labute approximate surface area is 200 Å². The van der Waals surface area contributed by atoms with E-state index in [0.717, 1.165) is 34.9 Å². The van der Waals surface area contributed by atoms with Crippen molar-refractivity contribution >= 4 is 18.1 Å². The molecule has 2 aliphatic rings. The molecule has 3 aromatic rings. The molecule has 1 saturated carbocycles. The summed E-state index contributed by atoms with van der Waals surface area (Å²) in [7, 11) is 0. The zero-order valence-electron chi connectivity index (χ0n) is 19.4. The smallest absolute Gasteiger partial charge is 0.253 e. The van der Waals surface area contributed by atoms with Crippen molar-refractivity contribution in [3.8, 4) is 5.69 Å². The van der Waals surface area contributed by atoms with Crippen molar-refractivity contribution in [2.24, 2.45) is 0 Å². The average Bonchev–Trinajstić information content (AvgIpc) is 3.64. The van der Waals surface area contributed by atoms with Crippen LogP contribution >= 0.6 is 12.2 Å². The first-order valence-electron chi connectivity index (χ1n) is 11.9. The molecule has 6 nitrogen and oxygen atoms in total. The SMILES string of the molecule is CC(C)c1ccc(C(=O)N2CCN(Cn3nc(C4CC4)n(-c4ccccc4)c3=S)CC2)cc1. The van der Waals surface area contributed by atoms with Crippen molar-refractivity contribution in [3.63, 3.8) is 0 Å². The third-order valence-electron chi connectivity index (χ3n) is 6.64. The van der Waals surface area contributed by atoms with E-state index < -0.39 is 0 Å². The van der Waals surface area contributed by atoms with Crippen molar-refractivity contribution in [1.29, 1.82) is 0 Å². The molecular weight excluding hydrogens is 430 g/mol. The number of para-hydroxylation sites is 1. The van der Waals surface area contributed by atoms with Gasteiger partial charge in [0.1, 0.15) is 5.82 Å². The topological polar surface area (TPSA) is 46.3 Å². The first-order valence-corrected chi connectivity index (χ1v) is 12.3. The summed E-state index contributed by atoms with van der Waals surface area (Å²) in [5, 5.41) is 4.92. The van der Waals surface area contributed by atoms with Crippen molar-refractivity contribution in [1.82, 2.24) is 24.1 Å². The fraction of sp³-hybridized carbons (Fsp3) is 0.423. The van der Waals surface area contributed by atoms with Gasteiger partial charge in [-0.05, 0) is 60.8 Å². The summed E-state index contributed by atoms with van der Waals surface area (Å²) in [6, 6.07) is 18.3. The molecule has 1 amide bonds. The van der Waals surface area contributed by atoms with Gasteiger partial charge in [-0.1, -0.05) is 44.2 Å². The lowest BCUT2D eigenvalue weighted by molar-refractivity contribution is 0.0585. The zero-order chi connectivity index (χ0) is 22.9. The van der Waals surface area contributed by atoms with Gasteiger partial charge in [-0.25, -0.2) is 4.68 Å². The Balaban J connectivity index is 1.25. The lowest BCUT2D eigenvalue weighted by Gasteiger charge is -2.34. The van der Waals surface area contributed by atoms with Crippen molar-refractivity contribution in [3.05, 3.63) is 76.3 Å². The molecule has 0 radical (unpaired) electrons. The van der Waals surface area contributed by atoms with Crippen LogP contribution in [0.4, 0.5) is 0 Å². The van der Waals surface area contributed by atoms with Crippen molar-refractivity contribution in [2.45, 2.75) is 45.2 Å². The number of aromatic nitrogens is 3. The van der Waals surface area contributed by atoms with Gasteiger partial charge < -0.3 is 4.90 Å². The van der Waals surface area contributed by atoms with E-state index in [0.29, 0.717) is 31.6 Å². The Morgan fingerprint density at radius 2 is 1.67 bits per heavy atom. The quantitative estimate of drug-likeness (QED) is 0.494. The fourth-order valence-corrected chi connectivity index (χ4v) is 4.71. The summed E-state index contributed by atoms with van der Waals surface area (Å²) in [4.78, 5) is 17.2. The number of nitrogens with zero attached hydrogens (tertiary/aromatic N) is 5. The van der Waals surface area contributed by atoms with Gasteiger partial charge in [0.05, 0.1) is 6.67 Å². The Bertz CT molecular complexity index is 1170. The number of hydrogen-bond acceptors (Lipinski definition) is 4. The minimum atomic E-state index is 0.117. The minimum absolute atomic E-state index is 0.117. The molecule has 2 heterocycles. The van der Waals surface area contributed by atoms with Crippen LogP contribution in [0.2, 0.25) is 0 Å². The predicted molar refractivity (Wildman–Crippen MR) is 132 cm³/mol. The number of rotatable bonds is 6. The molecule has 1 aromatic heterocycles. The van der Waals surface area contributed by atoms with Crippen LogP contribution in [0.15, 0.2) is 54.6 Å². The Morgan fingerprint density at radius 1 is 1.00 bits per heavy atom. The van der Waals surface area contributed by atoms with Crippen molar-refractivity contribution < 1.29 is 4.79 Å². The third-order valence-corrected chi connectivity index (χ3v) is 7.03. The predicted octanol–water partition coefficient (Wildman–Crippen LogP) is 4.82. The Kier molecular flexibility index (Phi) is 6.17. The van der Waals surface area contributed by atoms with E-state index in [1.54, 1.807) is 0 Å². The molecule has 0 bridgehead atoms. The van der Waals surface area contributed by atoms with Crippen LogP contribution in [0.5, 0.6) is 0 Å². The molecule has 0 unspecified atom stereocenters. The molecule has 1 aliphatic carbocycles. The summed E-state index contributed by atoms with van der Waals surface area (Å²) in [6.45, 7) is 8.05. The van der Waals surface area contributed by atoms with E-state index in [4.69, 9.17) is 17.3 Å². The molecule has 1 aliphatic heterocycles. The normalized spacial score (nSPS) is 17.0. The highest BCUT2D eigenvalue weighted by molar-refractivity contribution is 7.71. The molecule has 2 aromatic carbocycles. The van der Waals surface area contributed by atoms with Crippen LogP contribution in [-0.2, 0) is 6.67 Å². The molecule has 5 rings (SSSR count). The number of hydrogen-bond donors (Lipinski definition) is 0. The molecule has 2 fully saturated rings. The second kappa shape index (κ2) is 9.23. The summed E-state index contributed by atoms with van der Waals surface area (Å²) in [6.07, 6.45) is 2.36. The van der Waals surface area contributed by atoms with Gasteiger partial charge >= 0.3 is 0 Å². The highest BCUT2D eigenvalue weighted by Gasteiger charge is 2.31. The van der Waals surface area contributed by atoms with E-state index >= 15 is 0 Å². The van der Waals surface area contributed by atoms with E-state index in [1.807, 2.05) is 39.9 Å². The van der Waals surface area contributed by atoms with Crippen LogP contribution in [0.25, 0.3) is 5.69 Å². The van der Waals surface area contributed by atoms with Gasteiger partial charge in [-0.15, -0.1) is 0 Å². The molecule has 172 valence electrons. The Hall–Kier alpha value is -2.77.